The first kappa shape index (κ1) is 19.4. The number of carboxylic acids is 1. The highest BCUT2D eigenvalue weighted by molar-refractivity contribution is 6.34. The van der Waals surface area contributed by atoms with Gasteiger partial charge in [-0.1, -0.05) is 54.1 Å². The molecule has 0 aliphatic rings. The number of carboxylic acid groups (broad SMARTS) is 1. The Morgan fingerprint density at radius 3 is 2.43 bits per heavy atom. The molecule has 8 heteroatoms. The summed E-state index contributed by atoms with van der Waals surface area (Å²) in [4.78, 5) is 24.6. The molecule has 1 heterocycles. The fraction of sp³-hybridized carbons (Fsp3) is 0. The lowest BCUT2D eigenvalue weighted by Gasteiger charge is -2.12. The summed E-state index contributed by atoms with van der Waals surface area (Å²) in [6.07, 6.45) is 1.43. The van der Waals surface area contributed by atoms with Crippen molar-refractivity contribution >= 4 is 29.2 Å². The van der Waals surface area contributed by atoms with Gasteiger partial charge >= 0.3 is 5.97 Å². The molecule has 1 amide bonds. The van der Waals surface area contributed by atoms with E-state index in [9.17, 15) is 14.7 Å². The first-order valence-corrected chi connectivity index (χ1v) is 9.30. The van der Waals surface area contributed by atoms with Gasteiger partial charge in [0, 0.05) is 11.1 Å². The molecule has 3 aromatic carbocycles. The van der Waals surface area contributed by atoms with Gasteiger partial charge in [-0.15, -0.1) is 0 Å². The molecule has 4 aromatic rings. The molecule has 3 N–H and O–H groups in total. The van der Waals surface area contributed by atoms with Crippen LogP contribution in [0, 0.1) is 0 Å². The third kappa shape index (κ3) is 3.92. The maximum atomic E-state index is 12.8. The monoisotopic (exact) mass is 418 g/mol. The molecule has 0 saturated heterocycles. The van der Waals surface area contributed by atoms with Crippen LogP contribution in [-0.2, 0) is 0 Å². The average Bonchev–Trinajstić information content (AvgIpc) is 3.29. The molecule has 4 rings (SSSR count). The van der Waals surface area contributed by atoms with E-state index in [0.29, 0.717) is 16.8 Å². The number of halogens is 1. The number of aromatic nitrogens is 3. The van der Waals surface area contributed by atoms with E-state index < -0.39 is 11.9 Å². The Hall–Kier alpha value is -3.97. The maximum Gasteiger partial charge on any atom is 0.337 e. The number of amides is 1. The summed E-state index contributed by atoms with van der Waals surface area (Å²) in [6, 6.07) is 19.5. The minimum absolute atomic E-state index is 0.0925. The third-order valence-corrected chi connectivity index (χ3v) is 4.82. The number of carbonyl (C=O) groups is 2. The van der Waals surface area contributed by atoms with Crippen LogP contribution in [0.25, 0.3) is 22.4 Å². The fourth-order valence-electron chi connectivity index (χ4n) is 3.05. The van der Waals surface area contributed by atoms with E-state index >= 15 is 0 Å². The van der Waals surface area contributed by atoms with Crippen LogP contribution >= 0.6 is 11.6 Å². The van der Waals surface area contributed by atoms with Gasteiger partial charge in [0.2, 0.25) is 0 Å². The van der Waals surface area contributed by atoms with Crippen molar-refractivity contribution in [1.82, 2.24) is 15.4 Å². The van der Waals surface area contributed by atoms with Gasteiger partial charge in [-0.25, -0.2) is 4.79 Å². The Morgan fingerprint density at radius 2 is 1.73 bits per heavy atom. The standard InChI is InChI=1S/C22H15ClN4O3/c23-18-11-19(17(22(29)30)10-16(18)20-12-24-27-26-20)25-21(28)15-8-4-7-14(9-15)13-5-2-1-3-6-13/h1-12H,(H,25,28)(H,29,30)(H,24,26,27). The molecule has 0 aliphatic heterocycles. The van der Waals surface area contributed by atoms with E-state index in [1.807, 2.05) is 36.4 Å². The van der Waals surface area contributed by atoms with Gasteiger partial charge in [-0.05, 0) is 35.4 Å². The van der Waals surface area contributed by atoms with Crippen molar-refractivity contribution in [2.75, 3.05) is 5.32 Å². The molecule has 0 spiro atoms. The van der Waals surface area contributed by atoms with E-state index in [0.717, 1.165) is 11.1 Å². The quantitative estimate of drug-likeness (QED) is 0.433. The number of aromatic carboxylic acids is 1. The van der Waals surface area contributed by atoms with Gasteiger partial charge in [0.25, 0.3) is 5.91 Å². The molecule has 1 aromatic heterocycles. The molecule has 0 atom stereocenters. The number of benzene rings is 3. The summed E-state index contributed by atoms with van der Waals surface area (Å²) in [6.45, 7) is 0. The van der Waals surface area contributed by atoms with Gasteiger partial charge < -0.3 is 10.4 Å². The zero-order valence-corrected chi connectivity index (χ0v) is 16.2. The highest BCUT2D eigenvalue weighted by Gasteiger charge is 2.19. The number of nitrogens with zero attached hydrogens (tertiary/aromatic N) is 2. The number of nitrogens with one attached hydrogen (secondary N) is 2. The zero-order valence-electron chi connectivity index (χ0n) is 15.5. The van der Waals surface area contributed by atoms with E-state index in [1.54, 1.807) is 18.2 Å². The molecule has 7 nitrogen and oxygen atoms in total. The molecule has 0 saturated carbocycles. The molecule has 0 radical (unpaired) electrons. The largest absolute Gasteiger partial charge is 0.478 e. The van der Waals surface area contributed by atoms with E-state index in [1.165, 1.54) is 18.3 Å². The summed E-state index contributed by atoms with van der Waals surface area (Å²) in [5.41, 5.74) is 3.02. The Bertz CT molecular complexity index is 1220. The number of aromatic amines is 1. The van der Waals surface area contributed by atoms with Crippen LogP contribution in [0.15, 0.2) is 72.9 Å². The zero-order chi connectivity index (χ0) is 21.1. The number of H-pyrrole nitrogens is 1. The SMILES string of the molecule is O=C(Nc1cc(Cl)c(-c2cn[nH]n2)cc1C(=O)O)c1cccc(-c2ccccc2)c1. The first-order chi connectivity index (χ1) is 14.5. The third-order valence-electron chi connectivity index (χ3n) is 4.51. The van der Waals surface area contributed by atoms with E-state index in [2.05, 4.69) is 20.7 Å². The van der Waals surface area contributed by atoms with Crippen molar-refractivity contribution in [3.05, 3.63) is 89.1 Å². The Morgan fingerprint density at radius 1 is 0.967 bits per heavy atom. The molecular weight excluding hydrogens is 404 g/mol. The lowest BCUT2D eigenvalue weighted by atomic mass is 10.0. The van der Waals surface area contributed by atoms with Crippen LogP contribution < -0.4 is 5.32 Å². The van der Waals surface area contributed by atoms with Crippen molar-refractivity contribution < 1.29 is 14.7 Å². The van der Waals surface area contributed by atoms with Crippen LogP contribution in [0.2, 0.25) is 5.02 Å². The molecule has 0 bridgehead atoms. The predicted molar refractivity (Wildman–Crippen MR) is 114 cm³/mol. The van der Waals surface area contributed by atoms with Gasteiger partial charge in [0.1, 0.15) is 5.69 Å². The second-order valence-corrected chi connectivity index (χ2v) is 6.85. The predicted octanol–water partition coefficient (Wildman–Crippen LogP) is 4.74. The van der Waals surface area contributed by atoms with E-state index in [-0.39, 0.29) is 16.3 Å². The number of rotatable bonds is 5. The molecular formula is C22H15ClN4O3. The highest BCUT2D eigenvalue weighted by Crippen LogP contribution is 2.32. The summed E-state index contributed by atoms with van der Waals surface area (Å²) in [7, 11) is 0. The van der Waals surface area contributed by atoms with E-state index in [4.69, 9.17) is 11.6 Å². The van der Waals surface area contributed by atoms with Gasteiger partial charge in [-0.3, -0.25) is 4.79 Å². The van der Waals surface area contributed by atoms with Crippen molar-refractivity contribution in [3.8, 4) is 22.4 Å². The van der Waals surface area contributed by atoms with Crippen LogP contribution in [0.1, 0.15) is 20.7 Å². The summed E-state index contributed by atoms with van der Waals surface area (Å²) < 4.78 is 0. The topological polar surface area (TPSA) is 108 Å². The lowest BCUT2D eigenvalue weighted by Crippen LogP contribution is -2.15. The van der Waals surface area contributed by atoms with Crippen LogP contribution in [0.4, 0.5) is 5.69 Å². The van der Waals surface area contributed by atoms with Gasteiger partial charge in [0.05, 0.1) is 22.5 Å². The van der Waals surface area contributed by atoms with Crippen molar-refractivity contribution in [2.45, 2.75) is 0 Å². The molecule has 0 unspecified atom stereocenters. The molecule has 0 fully saturated rings. The minimum atomic E-state index is -1.20. The lowest BCUT2D eigenvalue weighted by molar-refractivity contribution is 0.0698. The van der Waals surface area contributed by atoms with Crippen LogP contribution in [-0.4, -0.2) is 32.4 Å². The summed E-state index contributed by atoms with van der Waals surface area (Å²) in [5.74, 6) is -1.65. The smallest absolute Gasteiger partial charge is 0.337 e. The Balaban J connectivity index is 1.67. The normalized spacial score (nSPS) is 10.6. The fourth-order valence-corrected chi connectivity index (χ4v) is 3.31. The van der Waals surface area contributed by atoms with Crippen LogP contribution in [0.3, 0.4) is 0 Å². The van der Waals surface area contributed by atoms with Gasteiger partial charge in [-0.2, -0.15) is 15.4 Å². The number of carbonyl (C=O) groups excluding carboxylic acids is 1. The minimum Gasteiger partial charge on any atom is -0.478 e. The molecule has 30 heavy (non-hydrogen) atoms. The number of hydrogen-bond acceptors (Lipinski definition) is 4. The maximum absolute atomic E-state index is 12.8. The number of hydrogen-bond donors (Lipinski definition) is 3. The Labute approximate surface area is 176 Å². The van der Waals surface area contributed by atoms with Gasteiger partial charge in [0.15, 0.2) is 0 Å². The van der Waals surface area contributed by atoms with Crippen molar-refractivity contribution in [2.24, 2.45) is 0 Å². The first-order valence-electron chi connectivity index (χ1n) is 8.93. The van der Waals surface area contributed by atoms with Crippen molar-refractivity contribution in [1.29, 1.82) is 0 Å². The molecule has 148 valence electrons. The number of anilines is 1. The molecule has 0 aliphatic carbocycles. The Kier molecular flexibility index (Phi) is 5.28. The average molecular weight is 419 g/mol. The summed E-state index contributed by atoms with van der Waals surface area (Å²) >= 11 is 6.31. The van der Waals surface area contributed by atoms with Crippen molar-refractivity contribution in [3.63, 3.8) is 0 Å². The van der Waals surface area contributed by atoms with Crippen LogP contribution in [0.5, 0.6) is 0 Å². The highest BCUT2D eigenvalue weighted by atomic mass is 35.5. The second-order valence-electron chi connectivity index (χ2n) is 6.44. The second kappa shape index (κ2) is 8.18. The summed E-state index contributed by atoms with van der Waals surface area (Å²) in [5, 5.41) is 22.6.